The predicted octanol–water partition coefficient (Wildman–Crippen LogP) is 34.5. The summed E-state index contributed by atoms with van der Waals surface area (Å²) in [6.45, 7) is 8.98. The Bertz CT molecular complexity index is 9520. The number of benzene rings is 21. The van der Waals surface area contributed by atoms with E-state index < -0.39 is 0 Å². The number of aromatic nitrogens is 9. The number of fused-ring (bicyclic) bond motifs is 27. The minimum absolute atomic E-state index is 0.0911. The lowest BCUT2D eigenvalue weighted by molar-refractivity contribution is 0.590. The van der Waals surface area contributed by atoms with Crippen LogP contribution in [0.25, 0.3) is 247 Å². The van der Waals surface area contributed by atoms with Crippen molar-refractivity contribution in [3.63, 3.8) is 0 Å². The summed E-state index contributed by atoms with van der Waals surface area (Å²) in [5.74, 6) is 0. The SMILES string of the molecule is CC(C)(C)c1ccc(-n2c3ccc(-n4c5ccccc5c5ccccc54)cc3c3cc(-n4c5ccccc5c5ccccc54)ccc32)cc1.Cc1cccc(-n2c3ccc(-n4c5ccccc5c5ccccc54)cc3c3cc(-n4c5ccccc5c5ccccc54)ccc32)c1.c1ccc(-n2c3ccc(-n4c5ccccc5c5ccccc54)cc3c3cc(-n4c5ccccc5c5ccccc54)ccc32)cc1. The Morgan fingerprint density at radius 2 is 0.271 bits per heavy atom. The van der Waals surface area contributed by atoms with Crippen LogP contribution in [0.4, 0.5) is 0 Å². The standard InChI is InChI=1S/C46H35N3.C43H29N3.C42H27N3/c1-46(2,3)30-20-22-31(23-21-30)47-44-26-24-32(48-40-16-8-4-12-34(40)35-13-5-9-17-41(35)48)28-38(44)39-29-33(25-27-45(39)47)49-42-18-10-6-14-36(42)37-15-7-11-19-43(37)49;1-28-11-10-12-29(25-28)44-42-23-21-30(45-38-17-6-2-13-32(38)33-14-3-7-18-39(33)45)26-36(42)37-27-31(22-24-43(37)44)46-40-19-8-4-15-34(40)35-16-5-9-20-41(35)46;1-2-12-28(13-3-1)43-41-24-22-29(44-37-18-8-4-14-31(37)32-15-5-9-19-38(32)44)26-35(41)36-27-30(23-25-42(36)43)45-39-20-10-6-16-33(39)34-17-7-11-21-40(34)45/h4-29H,1-3H3;2-27H,1H3;1-27H. The molecule has 0 aliphatic rings. The maximum atomic E-state index is 2.43. The fourth-order valence-corrected chi connectivity index (χ4v) is 23.3. The molecule has 0 saturated heterocycles. The molecule has 0 amide bonds. The lowest BCUT2D eigenvalue weighted by Gasteiger charge is -2.19. The Kier molecular flexibility index (Phi) is 18.0. The van der Waals surface area contributed by atoms with Gasteiger partial charge < -0.3 is 41.1 Å². The minimum atomic E-state index is 0.0911. The zero-order chi connectivity index (χ0) is 92.7. The monoisotopic (exact) mass is 1790 g/mol. The Morgan fingerprint density at radius 1 is 0.121 bits per heavy atom. The summed E-state index contributed by atoms with van der Waals surface area (Å²) in [5.41, 5.74) is 34.9. The Labute approximate surface area is 806 Å². The molecule has 0 aliphatic heterocycles. The second-order valence-corrected chi connectivity index (χ2v) is 38.4. The van der Waals surface area contributed by atoms with Crippen molar-refractivity contribution in [1.29, 1.82) is 0 Å². The van der Waals surface area contributed by atoms with E-state index in [9.17, 15) is 0 Å². The molecule has 140 heavy (non-hydrogen) atoms. The highest BCUT2D eigenvalue weighted by atomic mass is 15.1. The van der Waals surface area contributed by atoms with Gasteiger partial charge in [-0.1, -0.05) is 282 Å². The van der Waals surface area contributed by atoms with E-state index in [4.69, 9.17) is 0 Å². The van der Waals surface area contributed by atoms with Gasteiger partial charge in [-0.15, -0.1) is 0 Å². The highest BCUT2D eigenvalue weighted by molar-refractivity contribution is 6.19. The Balaban J connectivity index is 0.000000103. The van der Waals surface area contributed by atoms with Gasteiger partial charge in [0, 0.05) is 148 Å². The number of para-hydroxylation sites is 13. The molecule has 0 spiro atoms. The van der Waals surface area contributed by atoms with Gasteiger partial charge >= 0.3 is 0 Å². The number of aryl methyl sites for hydroxylation is 1. The molecule has 660 valence electrons. The van der Waals surface area contributed by atoms with Crippen molar-refractivity contribution in [3.8, 4) is 51.2 Å². The van der Waals surface area contributed by atoms with Crippen molar-refractivity contribution < 1.29 is 0 Å². The number of rotatable bonds is 9. The first-order valence-corrected chi connectivity index (χ1v) is 48.4. The number of nitrogens with zero attached hydrogens (tertiary/aromatic N) is 9. The fraction of sp³-hybridized carbons (Fsp3) is 0.0382. The maximum absolute atomic E-state index is 2.43. The van der Waals surface area contributed by atoms with Crippen LogP contribution in [0.15, 0.2) is 479 Å². The molecular formula is C131H91N9. The van der Waals surface area contributed by atoms with Gasteiger partial charge in [0.2, 0.25) is 0 Å². The first-order chi connectivity index (χ1) is 69.0. The predicted molar refractivity (Wildman–Crippen MR) is 592 cm³/mol. The number of hydrogen-bond acceptors (Lipinski definition) is 0. The molecule has 9 aromatic heterocycles. The third-order valence-corrected chi connectivity index (χ3v) is 29.5. The van der Waals surface area contributed by atoms with Crippen molar-refractivity contribution in [2.75, 3.05) is 0 Å². The zero-order valence-electron chi connectivity index (χ0n) is 77.6. The molecule has 30 aromatic rings. The van der Waals surface area contributed by atoms with Gasteiger partial charge in [0.05, 0.1) is 99.3 Å². The second-order valence-electron chi connectivity index (χ2n) is 38.4. The van der Waals surface area contributed by atoms with Gasteiger partial charge in [-0.25, -0.2) is 0 Å². The summed E-state index contributed by atoms with van der Waals surface area (Å²) in [5, 5.41) is 22.7. The van der Waals surface area contributed by atoms with Crippen LogP contribution in [-0.2, 0) is 5.41 Å². The quantitative estimate of drug-likeness (QED) is 0.138. The largest absolute Gasteiger partial charge is 0.309 e. The highest BCUT2D eigenvalue weighted by Gasteiger charge is 2.26. The van der Waals surface area contributed by atoms with Crippen LogP contribution >= 0.6 is 0 Å². The number of hydrogen-bond donors (Lipinski definition) is 0. The smallest absolute Gasteiger partial charge is 0.0542 e. The first-order valence-electron chi connectivity index (χ1n) is 48.4. The molecule has 0 fully saturated rings. The van der Waals surface area contributed by atoms with Crippen LogP contribution in [0.1, 0.15) is 31.9 Å². The van der Waals surface area contributed by atoms with Gasteiger partial charge in [0.25, 0.3) is 0 Å². The normalized spacial score (nSPS) is 12.1. The van der Waals surface area contributed by atoms with E-state index in [0.717, 1.165) is 39.8 Å². The minimum Gasteiger partial charge on any atom is -0.309 e. The molecule has 0 saturated carbocycles. The molecule has 0 N–H and O–H groups in total. The van der Waals surface area contributed by atoms with Crippen LogP contribution in [0.3, 0.4) is 0 Å². The van der Waals surface area contributed by atoms with Gasteiger partial charge in [0.1, 0.15) is 0 Å². The van der Waals surface area contributed by atoms with Gasteiger partial charge in [0.15, 0.2) is 0 Å². The van der Waals surface area contributed by atoms with Gasteiger partial charge in [-0.2, -0.15) is 0 Å². The molecule has 0 unspecified atom stereocenters. The summed E-state index contributed by atoms with van der Waals surface area (Å²) >= 11 is 0. The molecule has 0 radical (unpaired) electrons. The van der Waals surface area contributed by atoms with Crippen LogP contribution in [0, 0.1) is 6.92 Å². The lowest BCUT2D eigenvalue weighted by atomic mass is 9.87. The van der Waals surface area contributed by atoms with E-state index in [1.165, 1.54) is 219 Å². The molecule has 0 atom stereocenters. The average Bonchev–Trinajstić information content (AvgIpc) is 1.57. The molecular weight excluding hydrogens is 1700 g/mol. The first kappa shape index (κ1) is 80.3. The molecule has 0 bridgehead atoms. The summed E-state index contributed by atoms with van der Waals surface area (Å²) < 4.78 is 21.7. The van der Waals surface area contributed by atoms with Crippen molar-refractivity contribution in [2.45, 2.75) is 33.1 Å². The average molecular weight is 1790 g/mol. The molecule has 0 aliphatic carbocycles. The fourth-order valence-electron chi connectivity index (χ4n) is 23.3. The van der Waals surface area contributed by atoms with Crippen molar-refractivity contribution in [3.05, 3.63) is 490 Å². The topological polar surface area (TPSA) is 44.4 Å². The van der Waals surface area contributed by atoms with Gasteiger partial charge in [-0.05, 0) is 242 Å². The highest BCUT2D eigenvalue weighted by Crippen LogP contribution is 2.47. The van der Waals surface area contributed by atoms with E-state index in [-0.39, 0.29) is 5.41 Å². The Hall–Kier alpha value is -18.2. The van der Waals surface area contributed by atoms with E-state index in [0.29, 0.717) is 0 Å². The summed E-state index contributed by atoms with van der Waals surface area (Å²) in [4.78, 5) is 0. The van der Waals surface area contributed by atoms with Crippen LogP contribution < -0.4 is 0 Å². The molecule has 21 aromatic carbocycles. The molecule has 9 heteroatoms. The molecule has 9 heterocycles. The van der Waals surface area contributed by atoms with E-state index in [1.54, 1.807) is 0 Å². The van der Waals surface area contributed by atoms with Crippen molar-refractivity contribution in [1.82, 2.24) is 41.1 Å². The Morgan fingerprint density at radius 3 is 0.464 bits per heavy atom. The van der Waals surface area contributed by atoms with Crippen molar-refractivity contribution >= 4 is 196 Å². The van der Waals surface area contributed by atoms with Crippen LogP contribution in [0.5, 0.6) is 0 Å². The van der Waals surface area contributed by atoms with E-state index >= 15 is 0 Å². The maximum Gasteiger partial charge on any atom is 0.0542 e. The lowest BCUT2D eigenvalue weighted by Crippen LogP contribution is -2.10. The third-order valence-electron chi connectivity index (χ3n) is 29.5. The summed E-state index contributed by atoms with van der Waals surface area (Å²) in [6.07, 6.45) is 0. The molecule has 9 nitrogen and oxygen atoms in total. The second kappa shape index (κ2) is 31.5. The van der Waals surface area contributed by atoms with E-state index in [1.807, 2.05) is 0 Å². The van der Waals surface area contributed by atoms with Crippen molar-refractivity contribution in [2.24, 2.45) is 0 Å². The summed E-state index contributed by atoms with van der Waals surface area (Å²) in [6, 6.07) is 175. The van der Waals surface area contributed by atoms with Crippen LogP contribution in [0.2, 0.25) is 0 Å². The molecule has 30 rings (SSSR count). The van der Waals surface area contributed by atoms with Crippen LogP contribution in [-0.4, -0.2) is 41.1 Å². The summed E-state index contributed by atoms with van der Waals surface area (Å²) in [7, 11) is 0. The van der Waals surface area contributed by atoms with Gasteiger partial charge in [-0.3, -0.25) is 0 Å². The van der Waals surface area contributed by atoms with E-state index in [2.05, 4.69) is 548 Å². The zero-order valence-corrected chi connectivity index (χ0v) is 77.6. The third kappa shape index (κ3) is 12.4.